The van der Waals surface area contributed by atoms with Crippen LogP contribution in [0.2, 0.25) is 0 Å². The minimum absolute atomic E-state index is 0.0325. The monoisotopic (exact) mass is 323 g/mol. The molecule has 1 amide bonds. The molecule has 2 atom stereocenters. The lowest BCUT2D eigenvalue weighted by atomic mass is 9.90. The maximum Gasteiger partial charge on any atom is 0.267 e. The third kappa shape index (κ3) is 2.96. The number of carbonyl (C=O) groups is 1. The normalized spacial score (nSPS) is 22.9. The van der Waals surface area contributed by atoms with E-state index in [4.69, 9.17) is 9.47 Å². The Balaban J connectivity index is 1.45. The predicted molar refractivity (Wildman–Crippen MR) is 91.4 cm³/mol. The average molecular weight is 323 g/mol. The van der Waals surface area contributed by atoms with E-state index in [0.29, 0.717) is 17.4 Å². The van der Waals surface area contributed by atoms with Gasteiger partial charge in [-0.15, -0.1) is 0 Å². The number of amides is 1. The van der Waals surface area contributed by atoms with E-state index in [1.54, 1.807) is 0 Å². The molecule has 0 radical (unpaired) electrons. The molecule has 24 heavy (non-hydrogen) atoms. The first kappa shape index (κ1) is 15.1. The first-order chi connectivity index (χ1) is 11.8. The van der Waals surface area contributed by atoms with Gasteiger partial charge >= 0.3 is 0 Å². The standard InChI is InChI=1S/C20H21NO3/c22-20(19-14-23-17-10-4-5-11-18(17)24-19)21-12-6-9-16(13-21)15-7-2-1-3-8-15/h1-5,7-8,10-11,16,19H,6,9,12-14H2/t16-,19+/m1/s1. The van der Waals surface area contributed by atoms with Crippen LogP contribution in [0, 0.1) is 0 Å². The minimum Gasteiger partial charge on any atom is -0.485 e. The average Bonchev–Trinajstić information content (AvgIpc) is 2.68. The molecule has 1 fully saturated rings. The minimum atomic E-state index is -0.547. The first-order valence-corrected chi connectivity index (χ1v) is 8.53. The predicted octanol–water partition coefficient (Wildman–Crippen LogP) is 3.23. The fourth-order valence-electron chi connectivity index (χ4n) is 3.52. The maximum atomic E-state index is 12.9. The van der Waals surface area contributed by atoms with Gasteiger partial charge in [0.2, 0.25) is 6.10 Å². The van der Waals surface area contributed by atoms with Crippen molar-refractivity contribution in [1.82, 2.24) is 4.90 Å². The van der Waals surface area contributed by atoms with Crippen LogP contribution in [0.4, 0.5) is 0 Å². The number of carbonyl (C=O) groups excluding carboxylic acids is 1. The molecule has 1 saturated heterocycles. The number of hydrogen-bond acceptors (Lipinski definition) is 3. The van der Waals surface area contributed by atoms with Gasteiger partial charge in [-0.25, -0.2) is 0 Å². The summed E-state index contributed by atoms with van der Waals surface area (Å²) in [6.07, 6.45) is 1.60. The molecule has 0 bridgehead atoms. The Morgan fingerprint density at radius 1 is 1.00 bits per heavy atom. The second-order valence-corrected chi connectivity index (χ2v) is 6.40. The molecule has 0 spiro atoms. The van der Waals surface area contributed by atoms with Crippen LogP contribution in [0.15, 0.2) is 54.6 Å². The van der Waals surface area contributed by atoms with Crippen molar-refractivity contribution in [3.05, 3.63) is 60.2 Å². The second kappa shape index (κ2) is 6.56. The highest BCUT2D eigenvalue weighted by atomic mass is 16.6. The third-order valence-electron chi connectivity index (χ3n) is 4.79. The summed E-state index contributed by atoms with van der Waals surface area (Å²) in [6, 6.07) is 17.9. The van der Waals surface area contributed by atoms with Gasteiger partial charge in [0, 0.05) is 19.0 Å². The van der Waals surface area contributed by atoms with Crippen LogP contribution < -0.4 is 9.47 Å². The van der Waals surface area contributed by atoms with Gasteiger partial charge in [0.1, 0.15) is 6.61 Å². The number of ether oxygens (including phenoxy) is 2. The van der Waals surface area contributed by atoms with Gasteiger partial charge in [0.15, 0.2) is 11.5 Å². The van der Waals surface area contributed by atoms with Crippen molar-refractivity contribution < 1.29 is 14.3 Å². The van der Waals surface area contributed by atoms with E-state index >= 15 is 0 Å². The fraction of sp³-hybridized carbons (Fsp3) is 0.350. The zero-order valence-electron chi connectivity index (χ0n) is 13.6. The topological polar surface area (TPSA) is 38.8 Å². The molecule has 0 aliphatic carbocycles. The highest BCUT2D eigenvalue weighted by Crippen LogP contribution is 2.32. The molecule has 2 heterocycles. The molecule has 2 aliphatic rings. The first-order valence-electron chi connectivity index (χ1n) is 8.53. The number of hydrogen-bond donors (Lipinski definition) is 0. The van der Waals surface area contributed by atoms with Gasteiger partial charge in [-0.2, -0.15) is 0 Å². The number of likely N-dealkylation sites (tertiary alicyclic amines) is 1. The van der Waals surface area contributed by atoms with E-state index in [0.717, 1.165) is 25.9 Å². The summed E-state index contributed by atoms with van der Waals surface area (Å²) in [5, 5.41) is 0. The fourth-order valence-corrected chi connectivity index (χ4v) is 3.52. The molecule has 2 aliphatic heterocycles. The van der Waals surface area contributed by atoms with Crippen LogP contribution in [0.3, 0.4) is 0 Å². The Hall–Kier alpha value is -2.49. The van der Waals surface area contributed by atoms with Gasteiger partial charge in [-0.05, 0) is 30.5 Å². The van der Waals surface area contributed by atoms with E-state index in [2.05, 4.69) is 24.3 Å². The molecular weight excluding hydrogens is 302 g/mol. The highest BCUT2D eigenvalue weighted by molar-refractivity contribution is 5.82. The molecule has 124 valence electrons. The van der Waals surface area contributed by atoms with Gasteiger partial charge < -0.3 is 14.4 Å². The Morgan fingerprint density at radius 3 is 2.58 bits per heavy atom. The van der Waals surface area contributed by atoms with E-state index < -0.39 is 6.10 Å². The second-order valence-electron chi connectivity index (χ2n) is 6.40. The van der Waals surface area contributed by atoms with Crippen LogP contribution in [0.25, 0.3) is 0 Å². The zero-order chi connectivity index (χ0) is 16.4. The Morgan fingerprint density at radius 2 is 1.75 bits per heavy atom. The summed E-state index contributed by atoms with van der Waals surface area (Å²) in [5.41, 5.74) is 1.31. The zero-order valence-corrected chi connectivity index (χ0v) is 13.6. The molecule has 4 heteroatoms. The smallest absolute Gasteiger partial charge is 0.267 e. The molecule has 2 aromatic carbocycles. The Labute approximate surface area is 142 Å². The highest BCUT2D eigenvalue weighted by Gasteiger charge is 2.33. The van der Waals surface area contributed by atoms with Crippen LogP contribution in [0.1, 0.15) is 24.3 Å². The van der Waals surface area contributed by atoms with Crippen molar-refractivity contribution in [2.75, 3.05) is 19.7 Å². The van der Waals surface area contributed by atoms with Gasteiger partial charge in [0.25, 0.3) is 5.91 Å². The van der Waals surface area contributed by atoms with E-state index in [1.807, 2.05) is 35.2 Å². The quantitative estimate of drug-likeness (QED) is 0.852. The number of piperidine rings is 1. The third-order valence-corrected chi connectivity index (χ3v) is 4.79. The molecule has 0 N–H and O–H groups in total. The summed E-state index contributed by atoms with van der Waals surface area (Å²) in [4.78, 5) is 14.8. The van der Waals surface area contributed by atoms with Crippen molar-refractivity contribution in [3.8, 4) is 11.5 Å². The lowest BCUT2D eigenvalue weighted by Crippen LogP contribution is -2.49. The molecule has 0 saturated carbocycles. The molecule has 4 rings (SSSR count). The Kier molecular flexibility index (Phi) is 4.11. The largest absolute Gasteiger partial charge is 0.485 e. The molecular formula is C20H21NO3. The summed E-state index contributed by atoms with van der Waals surface area (Å²) < 4.78 is 11.6. The number of benzene rings is 2. The van der Waals surface area contributed by atoms with Crippen molar-refractivity contribution in [3.63, 3.8) is 0 Å². The number of nitrogens with zero attached hydrogens (tertiary/aromatic N) is 1. The van der Waals surface area contributed by atoms with Gasteiger partial charge in [-0.3, -0.25) is 4.79 Å². The lowest BCUT2D eigenvalue weighted by Gasteiger charge is -2.36. The van der Waals surface area contributed by atoms with E-state index in [1.165, 1.54) is 5.56 Å². The summed E-state index contributed by atoms with van der Waals surface area (Å²) in [5.74, 6) is 1.80. The summed E-state index contributed by atoms with van der Waals surface area (Å²) in [6.45, 7) is 1.83. The molecule has 4 nitrogen and oxygen atoms in total. The van der Waals surface area contributed by atoms with Crippen LogP contribution in [0.5, 0.6) is 11.5 Å². The van der Waals surface area contributed by atoms with Crippen molar-refractivity contribution >= 4 is 5.91 Å². The summed E-state index contributed by atoms with van der Waals surface area (Å²) >= 11 is 0. The summed E-state index contributed by atoms with van der Waals surface area (Å²) in [7, 11) is 0. The maximum absolute atomic E-state index is 12.9. The number of fused-ring (bicyclic) bond motifs is 1. The van der Waals surface area contributed by atoms with Crippen LogP contribution >= 0.6 is 0 Å². The van der Waals surface area contributed by atoms with Crippen molar-refractivity contribution in [1.29, 1.82) is 0 Å². The van der Waals surface area contributed by atoms with Crippen LogP contribution in [-0.2, 0) is 4.79 Å². The number of rotatable bonds is 2. The molecule has 0 unspecified atom stereocenters. The van der Waals surface area contributed by atoms with Crippen molar-refractivity contribution in [2.45, 2.75) is 24.9 Å². The lowest BCUT2D eigenvalue weighted by molar-refractivity contribution is -0.142. The van der Waals surface area contributed by atoms with Gasteiger partial charge in [-0.1, -0.05) is 42.5 Å². The molecule has 0 aromatic heterocycles. The van der Waals surface area contributed by atoms with Gasteiger partial charge in [0.05, 0.1) is 0 Å². The Bertz CT molecular complexity index is 716. The SMILES string of the molecule is O=C([C@@H]1COc2ccccc2O1)N1CCC[C@@H](c2ccccc2)C1. The van der Waals surface area contributed by atoms with Crippen LogP contribution in [-0.4, -0.2) is 36.6 Å². The van der Waals surface area contributed by atoms with Crippen molar-refractivity contribution in [2.24, 2.45) is 0 Å². The van der Waals surface area contributed by atoms with E-state index in [-0.39, 0.29) is 12.5 Å². The van der Waals surface area contributed by atoms with E-state index in [9.17, 15) is 4.79 Å². The molecule has 2 aromatic rings. The number of para-hydroxylation sites is 2.